The highest BCUT2D eigenvalue weighted by molar-refractivity contribution is 5.98. The van der Waals surface area contributed by atoms with Crippen LogP contribution in [-0.4, -0.2) is 20.6 Å². The highest BCUT2D eigenvalue weighted by Crippen LogP contribution is 2.22. The maximum Gasteiger partial charge on any atom is 0.282 e. The first-order chi connectivity index (χ1) is 12.9. The van der Waals surface area contributed by atoms with Gasteiger partial charge in [0, 0.05) is 17.3 Å². The summed E-state index contributed by atoms with van der Waals surface area (Å²) in [5.41, 5.74) is 1.97. The van der Waals surface area contributed by atoms with Gasteiger partial charge >= 0.3 is 0 Å². The van der Waals surface area contributed by atoms with E-state index < -0.39 is 16.9 Å². The summed E-state index contributed by atoms with van der Waals surface area (Å²) in [6.45, 7) is 3.60. The van der Waals surface area contributed by atoms with Crippen LogP contribution in [0.5, 0.6) is 0 Å². The number of nitro benzene ring substituents is 1. The molecule has 1 amide bonds. The average Bonchev–Trinajstić information content (AvgIpc) is 3.04. The third-order valence-electron chi connectivity index (χ3n) is 4.28. The van der Waals surface area contributed by atoms with Crippen LogP contribution >= 0.6 is 0 Å². The van der Waals surface area contributed by atoms with Crippen molar-refractivity contribution in [2.45, 2.75) is 19.9 Å². The lowest BCUT2D eigenvalue weighted by molar-refractivity contribution is -0.385. The second-order valence-corrected chi connectivity index (χ2v) is 6.04. The van der Waals surface area contributed by atoms with E-state index in [0.29, 0.717) is 5.69 Å². The Kier molecular flexibility index (Phi) is 4.98. The number of para-hydroxylation sites is 1. The third-order valence-corrected chi connectivity index (χ3v) is 4.28. The van der Waals surface area contributed by atoms with Crippen molar-refractivity contribution in [3.8, 4) is 5.69 Å². The van der Waals surface area contributed by atoms with E-state index in [9.17, 15) is 19.3 Å². The molecule has 8 heteroatoms. The zero-order chi connectivity index (χ0) is 19.6. The quantitative estimate of drug-likeness (QED) is 0.549. The van der Waals surface area contributed by atoms with Gasteiger partial charge in [0.2, 0.25) is 0 Å². The maximum absolute atomic E-state index is 13.1. The Labute approximate surface area is 154 Å². The van der Waals surface area contributed by atoms with Crippen LogP contribution in [0.1, 0.15) is 34.6 Å². The zero-order valence-corrected chi connectivity index (χ0v) is 14.7. The molecule has 0 bridgehead atoms. The number of amides is 1. The molecule has 3 rings (SSSR count). The van der Waals surface area contributed by atoms with Crippen molar-refractivity contribution in [2.75, 3.05) is 0 Å². The first-order valence-corrected chi connectivity index (χ1v) is 8.23. The van der Waals surface area contributed by atoms with Crippen molar-refractivity contribution < 1.29 is 14.1 Å². The predicted octanol–water partition coefficient (Wildman–Crippen LogP) is 3.72. The number of benzene rings is 2. The van der Waals surface area contributed by atoms with Gasteiger partial charge < -0.3 is 5.32 Å². The lowest BCUT2D eigenvalue weighted by Gasteiger charge is -2.14. The summed E-state index contributed by atoms with van der Waals surface area (Å²) in [4.78, 5) is 23.0. The molecule has 0 aliphatic rings. The van der Waals surface area contributed by atoms with Crippen LogP contribution < -0.4 is 5.32 Å². The van der Waals surface area contributed by atoms with Gasteiger partial charge in [-0.15, -0.1) is 0 Å². The van der Waals surface area contributed by atoms with E-state index in [-0.39, 0.29) is 17.1 Å². The molecule has 1 atom stereocenters. The first kappa shape index (κ1) is 18.2. The zero-order valence-electron chi connectivity index (χ0n) is 14.7. The Bertz CT molecular complexity index is 998. The Morgan fingerprint density at radius 3 is 2.56 bits per heavy atom. The normalized spacial score (nSPS) is 11.8. The Morgan fingerprint density at radius 1 is 1.22 bits per heavy atom. The number of nitrogens with one attached hydrogen (secondary N) is 1. The minimum atomic E-state index is -0.586. The van der Waals surface area contributed by atoms with Crippen molar-refractivity contribution in [3.05, 3.63) is 87.5 Å². The van der Waals surface area contributed by atoms with Crippen molar-refractivity contribution >= 4 is 11.6 Å². The summed E-state index contributed by atoms with van der Waals surface area (Å²) >= 11 is 0. The van der Waals surface area contributed by atoms with Crippen LogP contribution in [0, 0.1) is 22.9 Å². The molecule has 7 nitrogen and oxygen atoms in total. The second kappa shape index (κ2) is 7.36. The van der Waals surface area contributed by atoms with Gasteiger partial charge in [-0.3, -0.25) is 14.9 Å². The van der Waals surface area contributed by atoms with Gasteiger partial charge in [-0.05, 0) is 44.2 Å². The first-order valence-electron chi connectivity index (χ1n) is 8.23. The number of rotatable bonds is 5. The van der Waals surface area contributed by atoms with E-state index in [1.165, 1.54) is 30.3 Å². The molecule has 0 saturated heterocycles. The predicted molar refractivity (Wildman–Crippen MR) is 97.2 cm³/mol. The lowest BCUT2D eigenvalue weighted by atomic mass is 10.1. The standard InChI is InChI=1S/C19H17FN4O3/c1-12(22-19(25)16-5-3-4-6-18(16)24(26)27)17-11-21-23(13(17)2)15-9-7-14(20)8-10-15/h3-12H,1-2H3,(H,22,25)/t12-/m0/s1. The number of nitro groups is 1. The molecule has 0 aliphatic heterocycles. The number of halogens is 1. The number of aromatic nitrogens is 2. The van der Waals surface area contributed by atoms with Gasteiger partial charge in [-0.1, -0.05) is 12.1 Å². The molecule has 0 unspecified atom stereocenters. The van der Waals surface area contributed by atoms with Crippen LogP contribution in [0.3, 0.4) is 0 Å². The van der Waals surface area contributed by atoms with E-state index in [4.69, 9.17) is 0 Å². The summed E-state index contributed by atoms with van der Waals surface area (Å²) < 4.78 is 14.7. The summed E-state index contributed by atoms with van der Waals surface area (Å²) in [5.74, 6) is -0.877. The van der Waals surface area contributed by atoms with Gasteiger partial charge in [0.15, 0.2) is 0 Å². The topological polar surface area (TPSA) is 90.1 Å². The highest BCUT2D eigenvalue weighted by Gasteiger charge is 2.22. The lowest BCUT2D eigenvalue weighted by Crippen LogP contribution is -2.27. The number of nitrogens with zero attached hydrogens (tertiary/aromatic N) is 3. The molecule has 27 heavy (non-hydrogen) atoms. The van der Waals surface area contributed by atoms with Crippen LogP contribution in [0.15, 0.2) is 54.7 Å². The molecule has 2 aromatic carbocycles. The Balaban J connectivity index is 1.83. The third kappa shape index (κ3) is 3.69. The van der Waals surface area contributed by atoms with E-state index in [2.05, 4.69) is 10.4 Å². The molecule has 0 aliphatic carbocycles. The van der Waals surface area contributed by atoms with Gasteiger partial charge in [-0.2, -0.15) is 5.10 Å². The number of hydrogen-bond acceptors (Lipinski definition) is 4. The van der Waals surface area contributed by atoms with Crippen LogP contribution in [0.25, 0.3) is 5.69 Å². The molecular formula is C19H17FN4O3. The summed E-state index contributed by atoms with van der Waals surface area (Å²) in [6.07, 6.45) is 1.61. The minimum Gasteiger partial charge on any atom is -0.345 e. The molecule has 138 valence electrons. The van der Waals surface area contributed by atoms with Gasteiger partial charge in [-0.25, -0.2) is 9.07 Å². The number of hydrogen-bond donors (Lipinski definition) is 1. The van der Waals surface area contributed by atoms with Gasteiger partial charge in [0.05, 0.1) is 22.8 Å². The Hall–Kier alpha value is -3.55. The smallest absolute Gasteiger partial charge is 0.282 e. The highest BCUT2D eigenvalue weighted by atomic mass is 19.1. The van der Waals surface area contributed by atoms with E-state index in [0.717, 1.165) is 11.3 Å². The maximum atomic E-state index is 13.1. The average molecular weight is 368 g/mol. The molecular weight excluding hydrogens is 351 g/mol. The van der Waals surface area contributed by atoms with Crippen molar-refractivity contribution in [1.82, 2.24) is 15.1 Å². The largest absolute Gasteiger partial charge is 0.345 e. The fourth-order valence-corrected chi connectivity index (χ4v) is 2.87. The SMILES string of the molecule is Cc1c([C@H](C)NC(=O)c2ccccc2[N+](=O)[O-])cnn1-c1ccc(F)cc1. The summed E-state index contributed by atoms with van der Waals surface area (Å²) in [5, 5.41) is 18.2. The van der Waals surface area contributed by atoms with Crippen molar-refractivity contribution in [1.29, 1.82) is 0 Å². The number of carbonyl (C=O) groups excluding carboxylic acids is 1. The molecule has 3 aromatic rings. The molecule has 0 radical (unpaired) electrons. The van der Waals surface area contributed by atoms with Crippen molar-refractivity contribution in [3.63, 3.8) is 0 Å². The van der Waals surface area contributed by atoms with E-state index >= 15 is 0 Å². The van der Waals surface area contributed by atoms with Crippen LogP contribution in [-0.2, 0) is 0 Å². The summed E-state index contributed by atoms with van der Waals surface area (Å²) in [6, 6.07) is 11.3. The Morgan fingerprint density at radius 2 is 1.89 bits per heavy atom. The van der Waals surface area contributed by atoms with Crippen LogP contribution in [0.2, 0.25) is 0 Å². The molecule has 1 heterocycles. The fraction of sp³-hybridized carbons (Fsp3) is 0.158. The second-order valence-electron chi connectivity index (χ2n) is 6.04. The van der Waals surface area contributed by atoms with Crippen LogP contribution in [0.4, 0.5) is 10.1 Å². The van der Waals surface area contributed by atoms with Gasteiger partial charge in [0.1, 0.15) is 11.4 Å². The molecule has 0 saturated carbocycles. The fourth-order valence-electron chi connectivity index (χ4n) is 2.87. The monoisotopic (exact) mass is 368 g/mol. The van der Waals surface area contributed by atoms with E-state index in [1.807, 2.05) is 6.92 Å². The molecule has 0 spiro atoms. The molecule has 1 aromatic heterocycles. The van der Waals surface area contributed by atoms with E-state index in [1.54, 1.807) is 36.0 Å². The molecule has 0 fully saturated rings. The van der Waals surface area contributed by atoms with Gasteiger partial charge in [0.25, 0.3) is 11.6 Å². The number of carbonyl (C=O) groups is 1. The summed E-state index contributed by atoms with van der Waals surface area (Å²) in [7, 11) is 0. The molecule has 1 N–H and O–H groups in total. The van der Waals surface area contributed by atoms with Crippen molar-refractivity contribution in [2.24, 2.45) is 0 Å². The minimum absolute atomic E-state index is 0.00192.